The van der Waals surface area contributed by atoms with Gasteiger partial charge in [0.1, 0.15) is 0 Å². The number of hydrogen-bond acceptors (Lipinski definition) is 7. The van der Waals surface area contributed by atoms with Crippen molar-refractivity contribution in [1.29, 1.82) is 0 Å². The van der Waals surface area contributed by atoms with Crippen molar-refractivity contribution in [3.05, 3.63) is 36.3 Å². The van der Waals surface area contributed by atoms with Gasteiger partial charge in [-0.15, -0.1) is 5.10 Å². The average molecular weight is 444 g/mol. The van der Waals surface area contributed by atoms with Gasteiger partial charge < -0.3 is 4.74 Å². The predicted molar refractivity (Wildman–Crippen MR) is 129 cm³/mol. The molecule has 8 heteroatoms. The molecule has 2 aliphatic heterocycles. The molecule has 0 radical (unpaired) electrons. The van der Waals surface area contributed by atoms with Crippen molar-refractivity contribution in [2.75, 3.05) is 26.3 Å². The SMILES string of the molecule is CC1=Nc2ccc(-c3ccn4nc(N=C5CCC(N6CCOCC6)CC5)ncc34)nc2C1C. The molecule has 0 amide bonds. The number of morpholine rings is 1. The van der Waals surface area contributed by atoms with Crippen molar-refractivity contribution in [2.45, 2.75) is 51.5 Å². The van der Waals surface area contributed by atoms with Crippen LogP contribution in [0.1, 0.15) is 51.1 Å². The van der Waals surface area contributed by atoms with Crippen LogP contribution in [0.5, 0.6) is 0 Å². The predicted octanol–water partition coefficient (Wildman–Crippen LogP) is 4.35. The van der Waals surface area contributed by atoms with Crippen LogP contribution in [0.15, 0.2) is 40.6 Å². The van der Waals surface area contributed by atoms with Gasteiger partial charge in [0, 0.05) is 48.2 Å². The number of ether oxygens (including phenoxy) is 1. The van der Waals surface area contributed by atoms with Crippen LogP contribution in [-0.4, -0.2) is 68.3 Å². The molecular formula is C25H29N7O. The quantitative estimate of drug-likeness (QED) is 0.601. The summed E-state index contributed by atoms with van der Waals surface area (Å²) in [7, 11) is 0. The van der Waals surface area contributed by atoms with E-state index in [1.54, 1.807) is 0 Å². The molecular weight excluding hydrogens is 414 g/mol. The lowest BCUT2D eigenvalue weighted by molar-refractivity contribution is 0.0125. The molecule has 5 heterocycles. The summed E-state index contributed by atoms with van der Waals surface area (Å²) in [5.41, 5.74) is 7.23. The first-order chi connectivity index (χ1) is 16.2. The van der Waals surface area contributed by atoms with Gasteiger partial charge in [-0.2, -0.15) is 0 Å². The zero-order chi connectivity index (χ0) is 22.4. The third-order valence-corrected chi connectivity index (χ3v) is 7.27. The smallest absolute Gasteiger partial charge is 0.267 e. The first-order valence-corrected chi connectivity index (χ1v) is 11.9. The first kappa shape index (κ1) is 20.6. The van der Waals surface area contributed by atoms with E-state index in [0.717, 1.165) is 85.9 Å². The molecule has 0 N–H and O–H groups in total. The maximum absolute atomic E-state index is 5.49. The molecule has 0 spiro atoms. The van der Waals surface area contributed by atoms with Gasteiger partial charge >= 0.3 is 0 Å². The molecule has 1 atom stereocenters. The lowest BCUT2D eigenvalue weighted by Gasteiger charge is -2.36. The maximum atomic E-state index is 5.49. The zero-order valence-corrected chi connectivity index (χ0v) is 19.2. The van der Waals surface area contributed by atoms with Crippen molar-refractivity contribution in [2.24, 2.45) is 9.98 Å². The van der Waals surface area contributed by atoms with Gasteiger partial charge in [-0.1, -0.05) is 6.92 Å². The highest BCUT2D eigenvalue weighted by molar-refractivity contribution is 5.95. The van der Waals surface area contributed by atoms with Crippen LogP contribution in [0.4, 0.5) is 11.6 Å². The van der Waals surface area contributed by atoms with E-state index in [-0.39, 0.29) is 5.92 Å². The standard InChI is InChI=1S/C25H29N7O/c1-16-17(2)27-22-8-7-21(29-24(16)22)20-9-10-32-23(20)15-26-25(30-32)28-18-3-5-19(6-4-18)31-11-13-33-14-12-31/h7-10,15-16,19H,3-6,11-14H2,1-2H3. The summed E-state index contributed by atoms with van der Waals surface area (Å²) in [5, 5.41) is 4.66. The van der Waals surface area contributed by atoms with Crippen LogP contribution >= 0.6 is 0 Å². The van der Waals surface area contributed by atoms with Gasteiger partial charge in [0.05, 0.1) is 42.0 Å². The molecule has 0 aromatic carbocycles. The topological polar surface area (TPSA) is 80.3 Å². The summed E-state index contributed by atoms with van der Waals surface area (Å²) in [5.74, 6) is 0.787. The van der Waals surface area contributed by atoms with Crippen LogP contribution < -0.4 is 0 Å². The molecule has 170 valence electrons. The monoisotopic (exact) mass is 443 g/mol. The molecule has 8 nitrogen and oxygen atoms in total. The van der Waals surface area contributed by atoms with Crippen molar-refractivity contribution >= 4 is 28.6 Å². The van der Waals surface area contributed by atoms with Crippen LogP contribution in [0, 0.1) is 0 Å². The fourth-order valence-electron chi connectivity index (χ4n) is 5.17. The van der Waals surface area contributed by atoms with E-state index < -0.39 is 0 Å². The molecule has 1 saturated carbocycles. The number of aromatic nitrogens is 4. The first-order valence-electron chi connectivity index (χ1n) is 11.9. The average Bonchev–Trinajstić information content (AvgIpc) is 3.40. The molecule has 1 unspecified atom stereocenters. The highest BCUT2D eigenvalue weighted by Gasteiger charge is 2.25. The van der Waals surface area contributed by atoms with Gasteiger partial charge in [0.2, 0.25) is 0 Å². The van der Waals surface area contributed by atoms with Gasteiger partial charge in [0.15, 0.2) is 0 Å². The Balaban J connectivity index is 1.20. The second-order valence-corrected chi connectivity index (χ2v) is 9.25. The Kier molecular flexibility index (Phi) is 5.27. The third kappa shape index (κ3) is 3.87. The van der Waals surface area contributed by atoms with Gasteiger partial charge in [-0.05, 0) is 50.8 Å². The Labute approximate surface area is 193 Å². The summed E-state index contributed by atoms with van der Waals surface area (Å²) < 4.78 is 7.35. The number of pyridine rings is 1. The number of fused-ring (bicyclic) bond motifs is 2. The van der Waals surface area contributed by atoms with Crippen molar-refractivity contribution in [3.63, 3.8) is 0 Å². The fraction of sp³-hybridized carbons (Fsp3) is 0.480. The van der Waals surface area contributed by atoms with E-state index in [4.69, 9.17) is 14.7 Å². The van der Waals surface area contributed by atoms with Gasteiger partial charge in [0.25, 0.3) is 5.95 Å². The maximum Gasteiger partial charge on any atom is 0.267 e. The second kappa shape index (κ2) is 8.43. The van der Waals surface area contributed by atoms with E-state index in [2.05, 4.69) is 46.0 Å². The summed E-state index contributed by atoms with van der Waals surface area (Å²) in [6, 6.07) is 6.79. The van der Waals surface area contributed by atoms with Gasteiger partial charge in [-0.25, -0.2) is 19.5 Å². The molecule has 6 rings (SSSR count). The van der Waals surface area contributed by atoms with E-state index in [1.807, 2.05) is 23.0 Å². The molecule has 1 saturated heterocycles. The second-order valence-electron chi connectivity index (χ2n) is 9.25. The third-order valence-electron chi connectivity index (χ3n) is 7.27. The van der Waals surface area contributed by atoms with Crippen molar-refractivity contribution in [3.8, 4) is 11.3 Å². The Morgan fingerprint density at radius 3 is 2.73 bits per heavy atom. The lowest BCUT2D eigenvalue weighted by atomic mass is 9.92. The normalized spacial score (nSPS) is 23.6. The molecule has 33 heavy (non-hydrogen) atoms. The largest absolute Gasteiger partial charge is 0.379 e. The highest BCUT2D eigenvalue weighted by atomic mass is 16.5. The summed E-state index contributed by atoms with van der Waals surface area (Å²) in [6.07, 6.45) is 8.16. The van der Waals surface area contributed by atoms with E-state index >= 15 is 0 Å². The summed E-state index contributed by atoms with van der Waals surface area (Å²) >= 11 is 0. The number of rotatable bonds is 3. The van der Waals surface area contributed by atoms with Crippen LogP contribution in [-0.2, 0) is 4.74 Å². The minimum absolute atomic E-state index is 0.255. The number of nitrogens with zero attached hydrogens (tertiary/aromatic N) is 7. The van der Waals surface area contributed by atoms with Crippen LogP contribution in [0.2, 0.25) is 0 Å². The fourth-order valence-corrected chi connectivity index (χ4v) is 5.17. The van der Waals surface area contributed by atoms with Crippen LogP contribution in [0.3, 0.4) is 0 Å². The summed E-state index contributed by atoms with van der Waals surface area (Å²) in [4.78, 5) is 21.5. The molecule has 1 aliphatic carbocycles. The lowest BCUT2D eigenvalue weighted by Crippen LogP contribution is -2.45. The van der Waals surface area contributed by atoms with Crippen LogP contribution in [0.25, 0.3) is 16.8 Å². The zero-order valence-electron chi connectivity index (χ0n) is 19.2. The van der Waals surface area contributed by atoms with Gasteiger partial charge in [-0.3, -0.25) is 9.89 Å². The Morgan fingerprint density at radius 2 is 1.91 bits per heavy atom. The minimum atomic E-state index is 0.255. The molecule has 3 aromatic heterocycles. The molecule has 3 aliphatic rings. The van der Waals surface area contributed by atoms with E-state index in [0.29, 0.717) is 12.0 Å². The highest BCUT2D eigenvalue weighted by Crippen LogP contribution is 2.36. The molecule has 2 fully saturated rings. The Morgan fingerprint density at radius 1 is 1.09 bits per heavy atom. The molecule has 0 bridgehead atoms. The molecule has 3 aromatic rings. The van der Waals surface area contributed by atoms with Crippen molar-refractivity contribution < 1.29 is 4.74 Å². The van der Waals surface area contributed by atoms with E-state index in [1.165, 1.54) is 5.71 Å². The summed E-state index contributed by atoms with van der Waals surface area (Å²) in [6.45, 7) is 8.04. The number of hydrogen-bond donors (Lipinski definition) is 0. The van der Waals surface area contributed by atoms with Crippen molar-refractivity contribution in [1.82, 2.24) is 24.5 Å². The Hall–Kier alpha value is -2.97. The Bertz CT molecular complexity index is 1240. The number of aliphatic imine (C=N–C) groups is 2. The van der Waals surface area contributed by atoms with E-state index in [9.17, 15) is 0 Å². The minimum Gasteiger partial charge on any atom is -0.379 e.